The summed E-state index contributed by atoms with van der Waals surface area (Å²) >= 11 is 6.34. The maximum Gasteiger partial charge on any atom is 0.129 e. The lowest BCUT2D eigenvalue weighted by Crippen LogP contribution is -2.27. The number of halogens is 1. The molecule has 1 fully saturated rings. The molecule has 0 amide bonds. The number of anilines is 1. The Morgan fingerprint density at radius 2 is 2.06 bits per heavy atom. The van der Waals surface area contributed by atoms with Crippen molar-refractivity contribution < 1.29 is 0 Å². The molecule has 4 heteroatoms. The minimum Gasteiger partial charge on any atom is -0.370 e. The van der Waals surface area contributed by atoms with E-state index in [0.29, 0.717) is 11.3 Å². The number of rotatable bonds is 3. The molecular formula is C13H20ClN3. The molecule has 2 rings (SSSR count). The van der Waals surface area contributed by atoms with Gasteiger partial charge in [-0.05, 0) is 32.6 Å². The van der Waals surface area contributed by atoms with Gasteiger partial charge < -0.3 is 5.32 Å². The van der Waals surface area contributed by atoms with E-state index in [1.807, 2.05) is 19.9 Å². The zero-order valence-corrected chi connectivity index (χ0v) is 11.3. The fourth-order valence-electron chi connectivity index (χ4n) is 2.44. The summed E-state index contributed by atoms with van der Waals surface area (Å²) in [5.41, 5.74) is 1.01. The average molecular weight is 254 g/mol. The first-order valence-corrected chi connectivity index (χ1v) is 6.79. The van der Waals surface area contributed by atoms with E-state index >= 15 is 0 Å². The Bertz CT molecular complexity index is 361. The Morgan fingerprint density at radius 3 is 2.76 bits per heavy atom. The van der Waals surface area contributed by atoms with Gasteiger partial charge in [0.05, 0.1) is 0 Å². The summed E-state index contributed by atoms with van der Waals surface area (Å²) in [5.74, 6) is 2.31. The third-order valence-electron chi connectivity index (χ3n) is 3.33. The van der Waals surface area contributed by atoms with Gasteiger partial charge in [0.25, 0.3) is 0 Å². The van der Waals surface area contributed by atoms with Crippen LogP contribution in [0.2, 0.25) is 0 Å². The second-order valence-electron chi connectivity index (χ2n) is 4.88. The van der Waals surface area contributed by atoms with Gasteiger partial charge in [0.2, 0.25) is 0 Å². The van der Waals surface area contributed by atoms with Gasteiger partial charge in [-0.1, -0.05) is 12.8 Å². The van der Waals surface area contributed by atoms with Gasteiger partial charge in [0.15, 0.2) is 0 Å². The summed E-state index contributed by atoms with van der Waals surface area (Å²) in [6.07, 6.45) is 4.95. The molecule has 1 N–H and O–H groups in total. The minimum atomic E-state index is 0.320. The molecule has 2 unspecified atom stereocenters. The van der Waals surface area contributed by atoms with Crippen molar-refractivity contribution in [3.05, 3.63) is 17.6 Å². The molecule has 1 aromatic heterocycles. The Labute approximate surface area is 108 Å². The normalized spacial score (nSPS) is 24.6. The highest BCUT2D eigenvalue weighted by Gasteiger charge is 2.22. The lowest BCUT2D eigenvalue weighted by Gasteiger charge is -2.27. The Hall–Kier alpha value is -0.830. The summed E-state index contributed by atoms with van der Waals surface area (Å²) in [7, 11) is 0. The molecule has 0 spiro atoms. The van der Waals surface area contributed by atoms with Crippen molar-refractivity contribution in [1.82, 2.24) is 9.97 Å². The number of hydrogen-bond donors (Lipinski definition) is 1. The zero-order chi connectivity index (χ0) is 12.3. The SMILES string of the molecule is Cc1cc(NCC2CCCCC2Cl)nc(C)n1. The zero-order valence-electron chi connectivity index (χ0n) is 10.5. The molecule has 94 valence electrons. The smallest absolute Gasteiger partial charge is 0.129 e. The van der Waals surface area contributed by atoms with Crippen molar-refractivity contribution in [2.75, 3.05) is 11.9 Å². The lowest BCUT2D eigenvalue weighted by atomic mass is 9.89. The molecule has 0 aliphatic heterocycles. The van der Waals surface area contributed by atoms with Crippen LogP contribution in [0.25, 0.3) is 0 Å². The molecule has 0 aromatic carbocycles. The van der Waals surface area contributed by atoms with Crippen molar-refractivity contribution in [2.45, 2.75) is 44.9 Å². The molecule has 3 nitrogen and oxygen atoms in total. The summed E-state index contributed by atoms with van der Waals surface area (Å²) in [4.78, 5) is 8.64. The molecule has 0 radical (unpaired) electrons. The van der Waals surface area contributed by atoms with Crippen molar-refractivity contribution >= 4 is 17.4 Å². The third kappa shape index (κ3) is 3.56. The molecular weight excluding hydrogens is 234 g/mol. The molecule has 0 bridgehead atoms. The van der Waals surface area contributed by atoms with E-state index in [4.69, 9.17) is 11.6 Å². The molecule has 0 saturated heterocycles. The van der Waals surface area contributed by atoms with Crippen molar-refractivity contribution in [3.63, 3.8) is 0 Å². The van der Waals surface area contributed by atoms with Crippen molar-refractivity contribution in [2.24, 2.45) is 5.92 Å². The fourth-order valence-corrected chi connectivity index (χ4v) is 2.80. The first kappa shape index (κ1) is 12.6. The van der Waals surface area contributed by atoms with Crippen LogP contribution in [-0.2, 0) is 0 Å². The van der Waals surface area contributed by atoms with Crippen LogP contribution < -0.4 is 5.32 Å². The van der Waals surface area contributed by atoms with E-state index in [2.05, 4.69) is 15.3 Å². The number of aromatic nitrogens is 2. The van der Waals surface area contributed by atoms with Crippen LogP contribution >= 0.6 is 11.6 Å². The number of nitrogens with zero attached hydrogens (tertiary/aromatic N) is 2. The summed E-state index contributed by atoms with van der Waals surface area (Å²) in [5, 5.41) is 3.71. The molecule has 1 aromatic rings. The maximum absolute atomic E-state index is 6.34. The van der Waals surface area contributed by atoms with Crippen LogP contribution in [0, 0.1) is 19.8 Å². The molecule has 1 heterocycles. The third-order valence-corrected chi connectivity index (χ3v) is 3.90. The largest absolute Gasteiger partial charge is 0.370 e. The van der Waals surface area contributed by atoms with Crippen LogP contribution in [0.4, 0.5) is 5.82 Å². The minimum absolute atomic E-state index is 0.320. The standard InChI is InChI=1S/C13H20ClN3/c1-9-7-13(17-10(2)16-9)15-8-11-5-3-4-6-12(11)14/h7,11-12H,3-6,8H2,1-2H3,(H,15,16,17). The van der Waals surface area contributed by atoms with Gasteiger partial charge in [-0.3, -0.25) is 0 Å². The molecule has 1 aliphatic carbocycles. The fraction of sp³-hybridized carbons (Fsp3) is 0.692. The van der Waals surface area contributed by atoms with Crippen LogP contribution in [0.3, 0.4) is 0 Å². The van der Waals surface area contributed by atoms with Crippen LogP contribution in [0.1, 0.15) is 37.2 Å². The number of hydrogen-bond acceptors (Lipinski definition) is 3. The van der Waals surface area contributed by atoms with Crippen molar-refractivity contribution in [1.29, 1.82) is 0 Å². The monoisotopic (exact) mass is 253 g/mol. The first-order valence-electron chi connectivity index (χ1n) is 6.35. The first-order chi connectivity index (χ1) is 8.15. The van der Waals surface area contributed by atoms with Gasteiger partial charge in [-0.15, -0.1) is 11.6 Å². The quantitative estimate of drug-likeness (QED) is 0.840. The Balaban J connectivity index is 1.92. The summed E-state index contributed by atoms with van der Waals surface area (Å²) in [6.45, 7) is 4.83. The molecule has 1 aliphatic rings. The average Bonchev–Trinajstić information content (AvgIpc) is 2.27. The Morgan fingerprint density at radius 1 is 1.29 bits per heavy atom. The predicted octanol–water partition coefficient (Wildman–Crippen LogP) is 3.30. The van der Waals surface area contributed by atoms with Crippen LogP contribution in [0.15, 0.2) is 6.07 Å². The lowest BCUT2D eigenvalue weighted by molar-refractivity contribution is 0.380. The van der Waals surface area contributed by atoms with Gasteiger partial charge in [-0.2, -0.15) is 0 Å². The molecule has 2 atom stereocenters. The predicted molar refractivity (Wildman–Crippen MR) is 71.6 cm³/mol. The number of aryl methyl sites for hydroxylation is 2. The highest BCUT2D eigenvalue weighted by atomic mass is 35.5. The van der Waals surface area contributed by atoms with Gasteiger partial charge in [0.1, 0.15) is 11.6 Å². The highest BCUT2D eigenvalue weighted by molar-refractivity contribution is 6.20. The van der Waals surface area contributed by atoms with Gasteiger partial charge in [0, 0.05) is 23.7 Å². The van der Waals surface area contributed by atoms with Gasteiger partial charge >= 0.3 is 0 Å². The van der Waals surface area contributed by atoms with Crippen LogP contribution in [-0.4, -0.2) is 21.9 Å². The Kier molecular flexibility index (Phi) is 4.21. The van der Waals surface area contributed by atoms with Crippen LogP contribution in [0.5, 0.6) is 0 Å². The summed E-state index contributed by atoms with van der Waals surface area (Å²) in [6, 6.07) is 1.99. The van der Waals surface area contributed by atoms with E-state index in [9.17, 15) is 0 Å². The second-order valence-corrected chi connectivity index (χ2v) is 5.44. The van der Waals surface area contributed by atoms with E-state index < -0.39 is 0 Å². The van der Waals surface area contributed by atoms with E-state index in [1.165, 1.54) is 19.3 Å². The topological polar surface area (TPSA) is 37.8 Å². The second kappa shape index (κ2) is 5.67. The van der Waals surface area contributed by atoms with Gasteiger partial charge in [-0.25, -0.2) is 9.97 Å². The number of alkyl halides is 1. The highest BCUT2D eigenvalue weighted by Crippen LogP contribution is 2.28. The van der Waals surface area contributed by atoms with E-state index in [0.717, 1.165) is 30.3 Å². The summed E-state index contributed by atoms with van der Waals surface area (Å²) < 4.78 is 0. The maximum atomic E-state index is 6.34. The molecule has 1 saturated carbocycles. The number of nitrogens with one attached hydrogen (secondary N) is 1. The van der Waals surface area contributed by atoms with E-state index in [1.54, 1.807) is 0 Å². The molecule has 17 heavy (non-hydrogen) atoms. The van der Waals surface area contributed by atoms with Crippen molar-refractivity contribution in [3.8, 4) is 0 Å². The van der Waals surface area contributed by atoms with E-state index in [-0.39, 0.29) is 0 Å².